The van der Waals surface area contributed by atoms with Crippen LogP contribution < -0.4 is 10.2 Å². The van der Waals surface area contributed by atoms with E-state index in [1.807, 2.05) is 30.3 Å². The monoisotopic (exact) mass is 382 g/mol. The summed E-state index contributed by atoms with van der Waals surface area (Å²) in [7, 11) is 0. The zero-order valence-electron chi connectivity index (χ0n) is 14.6. The first-order chi connectivity index (χ1) is 13.2. The Balaban J connectivity index is 1.62. The number of rotatable bonds is 5. The number of aromatic nitrogens is 2. The van der Waals surface area contributed by atoms with Crippen LogP contribution in [-0.2, 0) is 0 Å². The van der Waals surface area contributed by atoms with E-state index in [-0.39, 0.29) is 5.91 Å². The van der Waals surface area contributed by atoms with E-state index >= 15 is 0 Å². The van der Waals surface area contributed by atoms with Gasteiger partial charge in [-0.25, -0.2) is 0 Å². The largest absolute Gasteiger partial charge is 0.405 e. The summed E-state index contributed by atoms with van der Waals surface area (Å²) >= 11 is 6.01. The van der Waals surface area contributed by atoms with E-state index in [0.29, 0.717) is 22.5 Å². The Morgan fingerprint density at radius 3 is 2.59 bits per heavy atom. The van der Waals surface area contributed by atoms with Crippen molar-refractivity contribution in [2.75, 3.05) is 18.0 Å². The number of carbonyl (C=O) groups is 1. The Kier molecular flexibility index (Phi) is 5.07. The standard InChI is InChI=1S/C20H19ClN4O2/c21-16-10-6-9-15(13-16)18(26)22-17(14-7-2-1-3-8-14)19-23-24-20(27-19)25-11-4-5-12-25/h1-3,6-10,13,17H,4-5,11-12H2,(H,22,26)/t17-/m1/s1. The number of carbonyl (C=O) groups excluding carboxylic acids is 1. The Hall–Kier alpha value is -2.86. The molecule has 1 amide bonds. The van der Waals surface area contributed by atoms with Gasteiger partial charge in [-0.05, 0) is 36.6 Å². The SMILES string of the molecule is O=C(N[C@H](c1ccccc1)c1nnc(N2CCCC2)o1)c1cccc(Cl)c1. The molecule has 1 fully saturated rings. The number of benzene rings is 2. The van der Waals surface area contributed by atoms with Crippen molar-refractivity contribution in [1.29, 1.82) is 0 Å². The predicted molar refractivity (Wildman–Crippen MR) is 103 cm³/mol. The highest BCUT2D eigenvalue weighted by molar-refractivity contribution is 6.30. The van der Waals surface area contributed by atoms with Crippen molar-refractivity contribution in [2.24, 2.45) is 0 Å². The number of hydrogen-bond donors (Lipinski definition) is 1. The normalized spacial score (nSPS) is 14.9. The van der Waals surface area contributed by atoms with Gasteiger partial charge in [0.2, 0.25) is 5.89 Å². The summed E-state index contributed by atoms with van der Waals surface area (Å²) in [6, 6.07) is 16.3. The lowest BCUT2D eigenvalue weighted by atomic mass is 10.1. The molecular weight excluding hydrogens is 364 g/mol. The molecule has 27 heavy (non-hydrogen) atoms. The van der Waals surface area contributed by atoms with Crippen LogP contribution in [0.4, 0.5) is 6.01 Å². The van der Waals surface area contributed by atoms with Crippen LogP contribution in [0.15, 0.2) is 59.0 Å². The van der Waals surface area contributed by atoms with Gasteiger partial charge in [0, 0.05) is 23.7 Å². The zero-order valence-corrected chi connectivity index (χ0v) is 15.4. The second-order valence-corrected chi connectivity index (χ2v) is 6.88. The Morgan fingerprint density at radius 2 is 1.85 bits per heavy atom. The fourth-order valence-corrected chi connectivity index (χ4v) is 3.35. The quantitative estimate of drug-likeness (QED) is 0.725. The molecule has 3 aromatic rings. The van der Waals surface area contributed by atoms with Crippen LogP contribution in [0.5, 0.6) is 0 Å². The van der Waals surface area contributed by atoms with Crippen LogP contribution in [0.1, 0.15) is 40.7 Å². The van der Waals surface area contributed by atoms with Gasteiger partial charge in [-0.15, -0.1) is 5.10 Å². The second kappa shape index (κ2) is 7.80. The number of amides is 1. The number of nitrogens with zero attached hydrogens (tertiary/aromatic N) is 3. The van der Waals surface area contributed by atoms with Gasteiger partial charge in [-0.3, -0.25) is 4.79 Å². The summed E-state index contributed by atoms with van der Waals surface area (Å²) in [5, 5.41) is 11.9. The second-order valence-electron chi connectivity index (χ2n) is 6.44. The van der Waals surface area contributed by atoms with Crippen molar-refractivity contribution >= 4 is 23.5 Å². The third-order valence-electron chi connectivity index (χ3n) is 4.55. The maximum atomic E-state index is 12.7. The van der Waals surface area contributed by atoms with Crippen LogP contribution in [0.25, 0.3) is 0 Å². The van der Waals surface area contributed by atoms with Gasteiger partial charge in [0.1, 0.15) is 6.04 Å². The van der Waals surface area contributed by atoms with Gasteiger partial charge >= 0.3 is 6.01 Å². The van der Waals surface area contributed by atoms with Crippen LogP contribution in [0.2, 0.25) is 5.02 Å². The van der Waals surface area contributed by atoms with Crippen molar-refractivity contribution < 1.29 is 9.21 Å². The Bertz CT molecular complexity index is 922. The van der Waals surface area contributed by atoms with E-state index in [2.05, 4.69) is 20.4 Å². The molecule has 1 aliphatic heterocycles. The van der Waals surface area contributed by atoms with Crippen molar-refractivity contribution in [1.82, 2.24) is 15.5 Å². The zero-order chi connectivity index (χ0) is 18.6. The maximum Gasteiger partial charge on any atom is 0.318 e. The van der Waals surface area contributed by atoms with Gasteiger partial charge in [0.05, 0.1) is 0 Å². The summed E-state index contributed by atoms with van der Waals surface area (Å²) in [5.41, 5.74) is 1.34. The molecule has 0 radical (unpaired) electrons. The molecule has 1 saturated heterocycles. The van der Waals surface area contributed by atoms with Gasteiger partial charge in [0.25, 0.3) is 5.91 Å². The van der Waals surface area contributed by atoms with Crippen LogP contribution in [0, 0.1) is 0 Å². The third-order valence-corrected chi connectivity index (χ3v) is 4.78. The van der Waals surface area contributed by atoms with Crippen LogP contribution in [0.3, 0.4) is 0 Å². The lowest BCUT2D eigenvalue weighted by Crippen LogP contribution is -2.29. The first-order valence-electron chi connectivity index (χ1n) is 8.90. The van der Waals surface area contributed by atoms with E-state index in [9.17, 15) is 4.79 Å². The topological polar surface area (TPSA) is 71.3 Å². The van der Waals surface area contributed by atoms with Crippen LogP contribution in [-0.4, -0.2) is 29.2 Å². The molecule has 0 aliphatic carbocycles. The molecule has 1 N–H and O–H groups in total. The fourth-order valence-electron chi connectivity index (χ4n) is 3.16. The van der Waals surface area contributed by atoms with E-state index in [4.69, 9.17) is 16.0 Å². The fraction of sp³-hybridized carbons (Fsp3) is 0.250. The van der Waals surface area contributed by atoms with Crippen molar-refractivity contribution in [3.63, 3.8) is 0 Å². The third kappa shape index (κ3) is 3.95. The van der Waals surface area contributed by atoms with E-state index in [1.165, 1.54) is 0 Å². The van der Waals surface area contributed by atoms with E-state index in [1.54, 1.807) is 24.3 Å². The molecule has 2 heterocycles. The molecule has 7 heteroatoms. The van der Waals surface area contributed by atoms with Crippen LogP contribution >= 0.6 is 11.6 Å². The Morgan fingerprint density at radius 1 is 1.07 bits per heavy atom. The summed E-state index contributed by atoms with van der Waals surface area (Å²) in [4.78, 5) is 14.8. The number of hydrogen-bond acceptors (Lipinski definition) is 5. The van der Waals surface area contributed by atoms with Gasteiger partial charge in [-0.2, -0.15) is 0 Å². The molecule has 0 unspecified atom stereocenters. The molecule has 1 atom stereocenters. The van der Waals surface area contributed by atoms with Gasteiger partial charge in [-0.1, -0.05) is 53.1 Å². The summed E-state index contributed by atoms with van der Waals surface area (Å²) in [6.07, 6.45) is 2.23. The summed E-state index contributed by atoms with van der Waals surface area (Å²) in [6.45, 7) is 1.82. The number of anilines is 1. The average molecular weight is 383 g/mol. The smallest absolute Gasteiger partial charge is 0.318 e. The molecule has 6 nitrogen and oxygen atoms in total. The van der Waals surface area contributed by atoms with Gasteiger partial charge < -0.3 is 14.6 Å². The maximum absolute atomic E-state index is 12.7. The highest BCUT2D eigenvalue weighted by Gasteiger charge is 2.26. The number of nitrogens with one attached hydrogen (secondary N) is 1. The predicted octanol–water partition coefficient (Wildman–Crippen LogP) is 3.84. The molecule has 0 bridgehead atoms. The van der Waals surface area contributed by atoms with Crippen molar-refractivity contribution in [3.05, 3.63) is 76.6 Å². The molecule has 4 rings (SSSR count). The number of halogens is 1. The van der Waals surface area contributed by atoms with E-state index < -0.39 is 6.04 Å². The first-order valence-corrected chi connectivity index (χ1v) is 9.28. The highest BCUT2D eigenvalue weighted by Crippen LogP contribution is 2.26. The highest BCUT2D eigenvalue weighted by atomic mass is 35.5. The molecule has 0 saturated carbocycles. The molecular formula is C20H19ClN4O2. The summed E-state index contributed by atoms with van der Waals surface area (Å²) < 4.78 is 5.91. The summed E-state index contributed by atoms with van der Waals surface area (Å²) in [5.74, 6) is 0.103. The molecule has 1 aromatic heterocycles. The van der Waals surface area contributed by atoms with Crippen molar-refractivity contribution in [3.8, 4) is 0 Å². The minimum absolute atomic E-state index is 0.257. The first kappa shape index (κ1) is 17.5. The van der Waals surface area contributed by atoms with Crippen molar-refractivity contribution in [2.45, 2.75) is 18.9 Å². The minimum atomic E-state index is -0.540. The average Bonchev–Trinajstić information content (AvgIpc) is 3.38. The molecule has 2 aromatic carbocycles. The Labute approximate surface area is 162 Å². The molecule has 1 aliphatic rings. The molecule has 138 valence electrons. The van der Waals surface area contributed by atoms with Gasteiger partial charge in [0.15, 0.2) is 0 Å². The molecule has 0 spiro atoms. The minimum Gasteiger partial charge on any atom is -0.405 e. The lowest BCUT2D eigenvalue weighted by Gasteiger charge is -2.16. The lowest BCUT2D eigenvalue weighted by molar-refractivity contribution is 0.0938. The van der Waals surface area contributed by atoms with E-state index in [0.717, 1.165) is 31.5 Å².